The van der Waals surface area contributed by atoms with Crippen LogP contribution >= 0.6 is 0 Å². The molecule has 0 aliphatic carbocycles. The highest BCUT2D eigenvalue weighted by molar-refractivity contribution is 5.65. The van der Waals surface area contributed by atoms with Crippen molar-refractivity contribution in [2.75, 3.05) is 0 Å². The first-order valence-corrected chi connectivity index (χ1v) is 6.59. The molecule has 104 valence electrons. The summed E-state index contributed by atoms with van der Waals surface area (Å²) in [6, 6.07) is 11.5. The van der Waals surface area contributed by atoms with Crippen molar-refractivity contribution in [3.8, 4) is 0 Å². The first-order chi connectivity index (χ1) is 10.3. The maximum absolute atomic E-state index is 11.2. The number of aromatic amines is 1. The average molecular weight is 278 g/mol. The standard InChI is InChI=1S/C16H14N4O/c21-16-8-9-17-15(19-16)7-6-14-10-18-20(12-14)11-13-4-2-1-3-5-13/h1-10,12H,11H2,(H,17,19,21)/b7-6+. The van der Waals surface area contributed by atoms with Gasteiger partial charge in [-0.25, -0.2) is 4.98 Å². The van der Waals surface area contributed by atoms with Gasteiger partial charge in [-0.2, -0.15) is 5.10 Å². The van der Waals surface area contributed by atoms with Crippen LogP contribution in [0.2, 0.25) is 0 Å². The van der Waals surface area contributed by atoms with Gasteiger partial charge in [-0.1, -0.05) is 30.3 Å². The van der Waals surface area contributed by atoms with Crippen molar-refractivity contribution >= 4 is 12.2 Å². The Hall–Kier alpha value is -2.95. The normalized spacial score (nSPS) is 11.0. The van der Waals surface area contributed by atoms with Crippen LogP contribution < -0.4 is 5.56 Å². The highest BCUT2D eigenvalue weighted by Crippen LogP contribution is 2.06. The van der Waals surface area contributed by atoms with Crippen LogP contribution in [0.1, 0.15) is 17.0 Å². The molecule has 0 aliphatic rings. The lowest BCUT2D eigenvalue weighted by Crippen LogP contribution is -2.05. The summed E-state index contributed by atoms with van der Waals surface area (Å²) in [5.41, 5.74) is 1.99. The van der Waals surface area contributed by atoms with Gasteiger partial charge in [0.25, 0.3) is 5.56 Å². The van der Waals surface area contributed by atoms with Crippen LogP contribution in [0.15, 0.2) is 59.8 Å². The minimum atomic E-state index is -0.163. The first-order valence-electron chi connectivity index (χ1n) is 6.59. The summed E-state index contributed by atoms with van der Waals surface area (Å²) in [5.74, 6) is 0.526. The molecule has 0 aliphatic heterocycles. The highest BCUT2D eigenvalue weighted by Gasteiger charge is 1.97. The zero-order chi connectivity index (χ0) is 14.5. The van der Waals surface area contributed by atoms with Gasteiger partial charge in [0.15, 0.2) is 0 Å². The number of hydrogen-bond donors (Lipinski definition) is 1. The van der Waals surface area contributed by atoms with Gasteiger partial charge >= 0.3 is 0 Å². The molecule has 0 saturated carbocycles. The van der Waals surface area contributed by atoms with Crippen LogP contribution in [0.4, 0.5) is 0 Å². The Bertz CT molecular complexity index is 802. The molecular weight excluding hydrogens is 264 g/mol. The smallest absolute Gasteiger partial charge is 0.251 e. The molecule has 1 aromatic carbocycles. The molecule has 21 heavy (non-hydrogen) atoms. The predicted octanol–water partition coefficient (Wildman–Crippen LogP) is 2.19. The van der Waals surface area contributed by atoms with E-state index in [1.807, 2.05) is 35.2 Å². The first kappa shape index (κ1) is 13.1. The third kappa shape index (κ3) is 3.54. The maximum atomic E-state index is 11.2. The predicted molar refractivity (Wildman–Crippen MR) is 81.6 cm³/mol. The molecule has 3 aromatic rings. The Morgan fingerprint density at radius 3 is 2.81 bits per heavy atom. The lowest BCUT2D eigenvalue weighted by molar-refractivity contribution is 0.687. The van der Waals surface area contributed by atoms with Crippen LogP contribution in [0, 0.1) is 0 Å². The van der Waals surface area contributed by atoms with Gasteiger partial charge in [0.2, 0.25) is 0 Å². The van der Waals surface area contributed by atoms with Crippen molar-refractivity contribution < 1.29 is 0 Å². The van der Waals surface area contributed by atoms with E-state index in [9.17, 15) is 4.79 Å². The number of hydrogen-bond acceptors (Lipinski definition) is 3. The van der Waals surface area contributed by atoms with Crippen LogP contribution in [0.25, 0.3) is 12.2 Å². The second-order valence-corrected chi connectivity index (χ2v) is 4.61. The average Bonchev–Trinajstić information content (AvgIpc) is 2.94. The molecule has 2 aromatic heterocycles. The second kappa shape index (κ2) is 6.00. The van der Waals surface area contributed by atoms with Crippen LogP contribution in [-0.4, -0.2) is 19.7 Å². The number of nitrogens with one attached hydrogen (secondary N) is 1. The molecule has 5 heteroatoms. The second-order valence-electron chi connectivity index (χ2n) is 4.61. The van der Waals surface area contributed by atoms with Gasteiger partial charge in [0.05, 0.1) is 12.7 Å². The van der Waals surface area contributed by atoms with Crippen molar-refractivity contribution in [2.45, 2.75) is 6.54 Å². The Morgan fingerprint density at radius 1 is 1.14 bits per heavy atom. The van der Waals surface area contributed by atoms with E-state index in [4.69, 9.17) is 0 Å². The fourth-order valence-corrected chi connectivity index (χ4v) is 1.97. The Balaban J connectivity index is 1.72. The molecule has 0 atom stereocenters. The molecule has 0 spiro atoms. The highest BCUT2D eigenvalue weighted by atomic mass is 16.1. The summed E-state index contributed by atoms with van der Waals surface area (Å²) < 4.78 is 1.87. The van der Waals surface area contributed by atoms with Gasteiger partial charge in [0, 0.05) is 24.0 Å². The number of H-pyrrole nitrogens is 1. The summed E-state index contributed by atoms with van der Waals surface area (Å²) in [5, 5.41) is 4.31. The molecular formula is C16H14N4O. The maximum Gasteiger partial charge on any atom is 0.251 e. The van der Waals surface area contributed by atoms with Crippen LogP contribution in [0.3, 0.4) is 0 Å². The third-order valence-electron chi connectivity index (χ3n) is 2.97. The molecule has 0 amide bonds. The SMILES string of the molecule is O=c1ccnc(/C=C/c2cnn(Cc3ccccc3)c2)[nH]1. The number of aromatic nitrogens is 4. The molecule has 0 radical (unpaired) electrons. The summed E-state index contributed by atoms with van der Waals surface area (Å²) in [7, 11) is 0. The monoisotopic (exact) mass is 278 g/mol. The fourth-order valence-electron chi connectivity index (χ4n) is 1.97. The van der Waals surface area contributed by atoms with Gasteiger partial charge in [0.1, 0.15) is 5.82 Å². The van der Waals surface area contributed by atoms with E-state index in [0.29, 0.717) is 5.82 Å². The molecule has 2 heterocycles. The summed E-state index contributed by atoms with van der Waals surface area (Å²) >= 11 is 0. The van der Waals surface area contributed by atoms with Crippen molar-refractivity contribution in [3.63, 3.8) is 0 Å². The third-order valence-corrected chi connectivity index (χ3v) is 2.97. The van der Waals surface area contributed by atoms with Crippen LogP contribution in [-0.2, 0) is 6.54 Å². The van der Waals surface area contributed by atoms with E-state index >= 15 is 0 Å². The summed E-state index contributed by atoms with van der Waals surface area (Å²) in [6.45, 7) is 0.731. The van der Waals surface area contributed by atoms with E-state index in [2.05, 4.69) is 27.2 Å². The Labute approximate surface area is 121 Å². The molecule has 0 fully saturated rings. The lowest BCUT2D eigenvalue weighted by atomic mass is 10.2. The molecule has 0 saturated heterocycles. The number of benzene rings is 1. The largest absolute Gasteiger partial charge is 0.307 e. The van der Waals surface area contributed by atoms with Gasteiger partial charge in [-0.05, 0) is 17.7 Å². The van der Waals surface area contributed by atoms with E-state index in [1.165, 1.54) is 17.8 Å². The van der Waals surface area contributed by atoms with Crippen molar-refractivity contribution in [2.24, 2.45) is 0 Å². The molecule has 5 nitrogen and oxygen atoms in total. The zero-order valence-corrected chi connectivity index (χ0v) is 11.3. The van der Waals surface area contributed by atoms with Crippen molar-refractivity contribution in [3.05, 3.63) is 82.3 Å². The minimum Gasteiger partial charge on any atom is -0.307 e. The number of rotatable bonds is 4. The topological polar surface area (TPSA) is 63.6 Å². The zero-order valence-electron chi connectivity index (χ0n) is 11.3. The van der Waals surface area contributed by atoms with Crippen LogP contribution in [0.5, 0.6) is 0 Å². The molecule has 3 rings (SSSR count). The minimum absolute atomic E-state index is 0.163. The van der Waals surface area contributed by atoms with Gasteiger partial charge in [-0.15, -0.1) is 0 Å². The van der Waals surface area contributed by atoms with E-state index in [0.717, 1.165) is 12.1 Å². The summed E-state index contributed by atoms with van der Waals surface area (Å²) in [6.07, 6.45) is 8.83. The molecule has 0 unspecified atom stereocenters. The van der Waals surface area contributed by atoms with Crippen molar-refractivity contribution in [1.82, 2.24) is 19.7 Å². The quantitative estimate of drug-likeness (QED) is 0.795. The molecule has 1 N–H and O–H groups in total. The molecule has 0 bridgehead atoms. The summed E-state index contributed by atoms with van der Waals surface area (Å²) in [4.78, 5) is 17.9. The lowest BCUT2D eigenvalue weighted by Gasteiger charge is -2.00. The van der Waals surface area contributed by atoms with Gasteiger partial charge in [-0.3, -0.25) is 9.48 Å². The Morgan fingerprint density at radius 2 is 2.00 bits per heavy atom. The van der Waals surface area contributed by atoms with E-state index < -0.39 is 0 Å². The van der Waals surface area contributed by atoms with E-state index in [-0.39, 0.29) is 5.56 Å². The van der Waals surface area contributed by atoms with Gasteiger partial charge < -0.3 is 4.98 Å². The Kier molecular flexibility index (Phi) is 3.73. The fraction of sp³-hybridized carbons (Fsp3) is 0.0625. The van der Waals surface area contributed by atoms with E-state index in [1.54, 1.807) is 12.3 Å². The van der Waals surface area contributed by atoms with Crippen molar-refractivity contribution in [1.29, 1.82) is 0 Å². The number of nitrogens with zero attached hydrogens (tertiary/aromatic N) is 3.